The largest absolute Gasteiger partial charge is 0.379 e. The minimum Gasteiger partial charge on any atom is -0.379 e. The molecule has 1 aromatic heterocycles. The molecule has 1 amide bonds. The molecule has 1 aromatic carbocycles. The fourth-order valence-corrected chi connectivity index (χ4v) is 4.62. The third kappa shape index (κ3) is 4.57. The summed E-state index contributed by atoms with van der Waals surface area (Å²) in [5.41, 5.74) is 3.66. The van der Waals surface area contributed by atoms with E-state index in [1.165, 1.54) is 4.91 Å². The minimum absolute atomic E-state index is 0.00942. The molecule has 0 saturated carbocycles. The Morgan fingerprint density at radius 3 is 2.93 bits per heavy atom. The van der Waals surface area contributed by atoms with Crippen molar-refractivity contribution < 1.29 is 9.53 Å². The predicted octanol–water partition coefficient (Wildman–Crippen LogP) is 3.47. The zero-order chi connectivity index (χ0) is 19.3. The molecule has 1 N–H and O–H groups in total. The molecule has 2 aromatic rings. The lowest BCUT2D eigenvalue weighted by Crippen LogP contribution is -2.38. The van der Waals surface area contributed by atoms with Gasteiger partial charge in [0.2, 0.25) is 0 Å². The van der Waals surface area contributed by atoms with E-state index >= 15 is 0 Å². The highest BCUT2D eigenvalue weighted by Crippen LogP contribution is 2.34. The highest BCUT2D eigenvalue weighted by molar-refractivity contribution is 8.08. The van der Waals surface area contributed by atoms with Crippen LogP contribution in [0.3, 0.4) is 0 Å². The summed E-state index contributed by atoms with van der Waals surface area (Å²) in [4.78, 5) is 21.4. The topological polar surface area (TPSA) is 54.5 Å². The molecule has 4 rings (SSSR count). The first-order valence-electron chi connectivity index (χ1n) is 10.0. The molecular formula is C22H27N3O2S. The van der Waals surface area contributed by atoms with Crippen molar-refractivity contribution in [1.29, 1.82) is 0 Å². The molecule has 0 atom stereocenters. The molecule has 1 fully saturated rings. The fourth-order valence-electron chi connectivity index (χ4n) is 3.67. The number of morpholine rings is 1. The molecule has 3 heterocycles. The van der Waals surface area contributed by atoms with Crippen LogP contribution in [-0.2, 0) is 4.74 Å². The van der Waals surface area contributed by atoms with Crippen molar-refractivity contribution in [2.45, 2.75) is 19.8 Å². The normalized spacial score (nSPS) is 17.7. The summed E-state index contributed by atoms with van der Waals surface area (Å²) in [6, 6.07) is 8.09. The summed E-state index contributed by atoms with van der Waals surface area (Å²) in [7, 11) is 0. The molecule has 28 heavy (non-hydrogen) atoms. The highest BCUT2D eigenvalue weighted by Gasteiger charge is 2.17. The first-order chi connectivity index (χ1) is 13.7. The monoisotopic (exact) mass is 397 g/mol. The van der Waals surface area contributed by atoms with E-state index in [0.29, 0.717) is 6.54 Å². The Morgan fingerprint density at radius 1 is 1.29 bits per heavy atom. The van der Waals surface area contributed by atoms with Gasteiger partial charge in [0.25, 0.3) is 5.91 Å². The Labute approximate surface area is 170 Å². The van der Waals surface area contributed by atoms with E-state index in [-0.39, 0.29) is 5.91 Å². The molecule has 2 aliphatic rings. The van der Waals surface area contributed by atoms with Crippen LogP contribution in [0.4, 0.5) is 0 Å². The molecular weight excluding hydrogens is 370 g/mol. The quantitative estimate of drug-likeness (QED) is 0.757. The number of carbonyl (C=O) groups is 1. The Balaban J connectivity index is 1.48. The molecule has 0 unspecified atom stereocenters. The van der Waals surface area contributed by atoms with E-state index in [1.807, 2.05) is 30.8 Å². The van der Waals surface area contributed by atoms with Gasteiger partial charge in [-0.1, -0.05) is 17.7 Å². The van der Waals surface area contributed by atoms with Gasteiger partial charge in [-0.3, -0.25) is 9.69 Å². The van der Waals surface area contributed by atoms with Gasteiger partial charge in [-0.15, -0.1) is 11.8 Å². The lowest BCUT2D eigenvalue weighted by atomic mass is 10.0. The summed E-state index contributed by atoms with van der Waals surface area (Å²) >= 11 is 1.82. The molecule has 1 saturated heterocycles. The van der Waals surface area contributed by atoms with Crippen LogP contribution in [0.25, 0.3) is 15.8 Å². The summed E-state index contributed by atoms with van der Waals surface area (Å²) in [5, 5.41) is 4.05. The van der Waals surface area contributed by atoms with Crippen molar-refractivity contribution in [2.24, 2.45) is 0 Å². The van der Waals surface area contributed by atoms with Crippen LogP contribution in [-0.4, -0.2) is 60.9 Å². The molecule has 148 valence electrons. The smallest absolute Gasteiger partial charge is 0.252 e. The maximum atomic E-state index is 13.0. The van der Waals surface area contributed by atoms with E-state index < -0.39 is 0 Å². The fraction of sp³-hybridized carbons (Fsp3) is 0.455. The lowest BCUT2D eigenvalue weighted by Gasteiger charge is -2.26. The molecule has 0 aliphatic carbocycles. The SMILES string of the molecule is Cc1ccc2nc(C3=CCCS3)cc(C(=O)NCCCN3CCOCC3)c2c1. The third-order valence-electron chi connectivity index (χ3n) is 5.21. The van der Waals surface area contributed by atoms with Gasteiger partial charge in [0, 0.05) is 35.7 Å². The number of allylic oxidation sites excluding steroid dienone is 1. The lowest BCUT2D eigenvalue weighted by molar-refractivity contribution is 0.0374. The number of thioether (sulfide) groups is 1. The number of hydrogen-bond acceptors (Lipinski definition) is 5. The predicted molar refractivity (Wildman–Crippen MR) is 116 cm³/mol. The van der Waals surface area contributed by atoms with Gasteiger partial charge >= 0.3 is 0 Å². The third-order valence-corrected chi connectivity index (χ3v) is 6.33. The second-order valence-electron chi connectivity index (χ2n) is 7.34. The summed E-state index contributed by atoms with van der Waals surface area (Å²) in [5.74, 6) is 1.08. The summed E-state index contributed by atoms with van der Waals surface area (Å²) in [6.45, 7) is 7.31. The molecule has 0 spiro atoms. The Hall–Kier alpha value is -1.89. The van der Waals surface area contributed by atoms with Gasteiger partial charge in [0.05, 0.1) is 30.0 Å². The second kappa shape index (κ2) is 9.07. The number of benzene rings is 1. The number of amides is 1. The Kier molecular flexibility index (Phi) is 6.29. The standard InChI is InChI=1S/C22H27N3O2S/c1-16-5-6-19-17(14-16)18(15-20(24-19)21-4-2-13-28-21)22(26)23-7-3-8-25-9-11-27-12-10-25/h4-6,14-15H,2-3,7-13H2,1H3,(H,23,26). The molecule has 5 nitrogen and oxygen atoms in total. The van der Waals surface area contributed by atoms with E-state index in [9.17, 15) is 4.79 Å². The van der Waals surface area contributed by atoms with Crippen LogP contribution in [0.2, 0.25) is 0 Å². The average molecular weight is 398 g/mol. The number of carbonyl (C=O) groups excluding carboxylic acids is 1. The van der Waals surface area contributed by atoms with Gasteiger partial charge in [-0.25, -0.2) is 4.98 Å². The maximum Gasteiger partial charge on any atom is 0.252 e. The van der Waals surface area contributed by atoms with Gasteiger partial charge in [0.15, 0.2) is 0 Å². The molecule has 6 heteroatoms. The number of aryl methyl sites for hydroxylation is 1. The molecule has 0 radical (unpaired) electrons. The number of nitrogens with one attached hydrogen (secondary N) is 1. The van der Waals surface area contributed by atoms with Crippen LogP contribution in [0.15, 0.2) is 30.3 Å². The molecule has 0 bridgehead atoms. The molecule has 2 aliphatic heterocycles. The Bertz CT molecular complexity index is 891. The summed E-state index contributed by atoms with van der Waals surface area (Å²) < 4.78 is 5.38. The van der Waals surface area contributed by atoms with E-state index in [2.05, 4.69) is 28.4 Å². The number of aromatic nitrogens is 1. The number of ether oxygens (including phenoxy) is 1. The number of hydrogen-bond donors (Lipinski definition) is 1. The van der Waals surface area contributed by atoms with Crippen molar-refractivity contribution in [3.63, 3.8) is 0 Å². The number of fused-ring (bicyclic) bond motifs is 1. The van der Waals surface area contributed by atoms with Gasteiger partial charge in [-0.05, 0) is 44.5 Å². The maximum absolute atomic E-state index is 13.0. The van der Waals surface area contributed by atoms with Gasteiger partial charge < -0.3 is 10.1 Å². The summed E-state index contributed by atoms with van der Waals surface area (Å²) in [6.07, 6.45) is 4.23. The second-order valence-corrected chi connectivity index (χ2v) is 8.48. The van der Waals surface area contributed by atoms with Crippen molar-refractivity contribution >= 4 is 33.5 Å². The van der Waals surface area contributed by atoms with Crippen molar-refractivity contribution in [1.82, 2.24) is 15.2 Å². The Morgan fingerprint density at radius 2 is 2.14 bits per heavy atom. The van der Waals surface area contributed by atoms with Crippen molar-refractivity contribution in [3.05, 3.63) is 47.2 Å². The van der Waals surface area contributed by atoms with Gasteiger partial charge in [-0.2, -0.15) is 0 Å². The number of pyridine rings is 1. The van der Waals surface area contributed by atoms with Crippen LogP contribution >= 0.6 is 11.8 Å². The van der Waals surface area contributed by atoms with Crippen molar-refractivity contribution in [2.75, 3.05) is 45.1 Å². The first-order valence-corrected chi connectivity index (χ1v) is 11.0. The zero-order valence-electron chi connectivity index (χ0n) is 16.4. The van der Waals surface area contributed by atoms with E-state index in [0.717, 1.165) is 79.2 Å². The van der Waals surface area contributed by atoms with Crippen molar-refractivity contribution in [3.8, 4) is 0 Å². The van der Waals surface area contributed by atoms with Crippen LogP contribution < -0.4 is 5.32 Å². The average Bonchev–Trinajstić information content (AvgIpc) is 3.26. The zero-order valence-corrected chi connectivity index (χ0v) is 17.2. The van der Waals surface area contributed by atoms with Gasteiger partial charge in [0.1, 0.15) is 0 Å². The number of rotatable bonds is 6. The minimum atomic E-state index is -0.00942. The first kappa shape index (κ1) is 19.4. The number of nitrogens with zero attached hydrogens (tertiary/aromatic N) is 2. The van der Waals surface area contributed by atoms with Crippen LogP contribution in [0.5, 0.6) is 0 Å². The van der Waals surface area contributed by atoms with Crippen LogP contribution in [0.1, 0.15) is 34.5 Å². The highest BCUT2D eigenvalue weighted by atomic mass is 32.2. The van der Waals surface area contributed by atoms with Crippen LogP contribution in [0, 0.1) is 6.92 Å². The van der Waals surface area contributed by atoms with E-state index in [4.69, 9.17) is 9.72 Å². The van der Waals surface area contributed by atoms with E-state index in [1.54, 1.807) is 0 Å².